The van der Waals surface area contributed by atoms with Crippen LogP contribution in [0.4, 0.5) is 0 Å². The molecule has 1 amide bonds. The lowest BCUT2D eigenvalue weighted by Gasteiger charge is -2.27. The van der Waals surface area contributed by atoms with Gasteiger partial charge < -0.3 is 4.90 Å². The summed E-state index contributed by atoms with van der Waals surface area (Å²) in [5.74, 6) is 1.10. The van der Waals surface area contributed by atoms with E-state index < -0.39 is 0 Å². The van der Waals surface area contributed by atoms with Crippen LogP contribution in [-0.2, 0) is 4.79 Å². The fourth-order valence-corrected chi connectivity index (χ4v) is 4.97. The first kappa shape index (κ1) is 14.4. The summed E-state index contributed by atoms with van der Waals surface area (Å²) in [6.45, 7) is 5.24. The number of amides is 1. The van der Waals surface area contributed by atoms with Crippen LogP contribution in [0.15, 0.2) is 30.3 Å². The molecule has 0 bridgehead atoms. The maximum Gasteiger partial charge on any atom is 0.226 e. The van der Waals surface area contributed by atoms with Gasteiger partial charge in [-0.2, -0.15) is 0 Å². The van der Waals surface area contributed by atoms with Gasteiger partial charge in [0.05, 0.1) is 6.04 Å². The van der Waals surface area contributed by atoms with E-state index in [9.17, 15) is 4.79 Å². The van der Waals surface area contributed by atoms with E-state index in [4.69, 9.17) is 0 Å². The molecule has 108 valence electrons. The minimum atomic E-state index is 0.193. The summed E-state index contributed by atoms with van der Waals surface area (Å²) >= 11 is 2.51. The molecule has 0 spiro atoms. The summed E-state index contributed by atoms with van der Waals surface area (Å²) < 4.78 is 1.20. The predicted molar refractivity (Wildman–Crippen MR) is 89.8 cm³/mol. The number of alkyl halides is 1. The van der Waals surface area contributed by atoms with Crippen molar-refractivity contribution in [3.05, 3.63) is 35.9 Å². The normalized spacial score (nSPS) is 29.6. The number of benzene rings is 1. The van der Waals surface area contributed by atoms with Gasteiger partial charge >= 0.3 is 0 Å². The molecule has 1 heterocycles. The van der Waals surface area contributed by atoms with Crippen LogP contribution in [0.25, 0.3) is 0 Å². The number of hydrogen-bond donors (Lipinski definition) is 0. The lowest BCUT2D eigenvalue weighted by atomic mass is 9.83. The number of halogens is 1. The predicted octanol–water partition coefficient (Wildman–Crippen LogP) is 4.06. The van der Waals surface area contributed by atoms with Gasteiger partial charge in [0, 0.05) is 16.9 Å². The van der Waals surface area contributed by atoms with E-state index in [1.54, 1.807) is 0 Å². The number of carbonyl (C=O) groups is 1. The molecule has 2 nitrogen and oxygen atoms in total. The van der Waals surface area contributed by atoms with E-state index in [1.165, 1.54) is 22.8 Å². The Kier molecular flexibility index (Phi) is 3.82. The molecule has 1 saturated carbocycles. The lowest BCUT2D eigenvalue weighted by molar-refractivity contribution is -0.132. The number of rotatable bonds is 4. The molecule has 20 heavy (non-hydrogen) atoms. The Morgan fingerprint density at radius 1 is 1.35 bits per heavy atom. The summed E-state index contributed by atoms with van der Waals surface area (Å²) in [4.78, 5) is 14.8. The Morgan fingerprint density at radius 3 is 2.55 bits per heavy atom. The molecule has 2 fully saturated rings. The first-order valence-corrected chi connectivity index (χ1v) is 9.03. The SMILES string of the molecule is CC1C(=O)N([C@@H](C)c2ccccc2)C[C@H]1C1(CI)CC1. The van der Waals surface area contributed by atoms with Gasteiger partial charge in [-0.3, -0.25) is 4.79 Å². The Labute approximate surface area is 135 Å². The fraction of sp³-hybridized carbons (Fsp3) is 0.588. The molecule has 1 aromatic rings. The van der Waals surface area contributed by atoms with E-state index in [2.05, 4.69) is 65.6 Å². The topological polar surface area (TPSA) is 20.3 Å². The molecular weight excluding hydrogens is 361 g/mol. The maximum absolute atomic E-state index is 12.6. The van der Waals surface area contributed by atoms with Crippen LogP contribution in [0, 0.1) is 17.3 Å². The zero-order chi connectivity index (χ0) is 14.3. The summed E-state index contributed by atoms with van der Waals surface area (Å²) in [5, 5.41) is 0. The van der Waals surface area contributed by atoms with E-state index in [0.717, 1.165) is 6.54 Å². The lowest BCUT2D eigenvalue weighted by Crippen LogP contribution is -2.30. The summed E-state index contributed by atoms with van der Waals surface area (Å²) in [5.41, 5.74) is 1.70. The van der Waals surface area contributed by atoms with Crippen molar-refractivity contribution >= 4 is 28.5 Å². The van der Waals surface area contributed by atoms with Gasteiger partial charge in [0.15, 0.2) is 0 Å². The van der Waals surface area contributed by atoms with E-state index in [1.807, 2.05) is 6.07 Å². The highest BCUT2D eigenvalue weighted by Gasteiger charge is 2.55. The number of likely N-dealkylation sites (tertiary alicyclic amines) is 1. The standard InChI is InChI=1S/C17H22INO/c1-12-15(17(11-18)8-9-17)10-19(16(12)20)13(2)14-6-4-3-5-7-14/h3-7,12-13,15H,8-11H2,1-2H3/t12?,13-,15+/m0/s1. The monoisotopic (exact) mass is 383 g/mol. The molecular formula is C17H22INO. The second-order valence-electron chi connectivity index (χ2n) is 6.47. The Balaban J connectivity index is 1.80. The van der Waals surface area contributed by atoms with Gasteiger partial charge in [-0.05, 0) is 36.7 Å². The van der Waals surface area contributed by atoms with Crippen molar-refractivity contribution in [1.82, 2.24) is 4.90 Å². The van der Waals surface area contributed by atoms with Gasteiger partial charge in [0.25, 0.3) is 0 Å². The molecule has 1 saturated heterocycles. The third-order valence-corrected chi connectivity index (χ3v) is 6.88. The summed E-state index contributed by atoms with van der Waals surface area (Å²) in [6, 6.07) is 10.6. The average Bonchev–Trinajstić information content (AvgIpc) is 3.23. The minimum absolute atomic E-state index is 0.193. The van der Waals surface area contributed by atoms with Gasteiger partial charge in [-0.25, -0.2) is 0 Å². The van der Waals surface area contributed by atoms with Gasteiger partial charge in [-0.1, -0.05) is 59.8 Å². The minimum Gasteiger partial charge on any atom is -0.335 e. The van der Waals surface area contributed by atoms with Crippen LogP contribution in [0.1, 0.15) is 38.3 Å². The highest BCUT2D eigenvalue weighted by molar-refractivity contribution is 14.1. The second-order valence-corrected chi connectivity index (χ2v) is 7.23. The van der Waals surface area contributed by atoms with Crippen molar-refractivity contribution in [2.45, 2.75) is 32.7 Å². The average molecular weight is 383 g/mol. The van der Waals surface area contributed by atoms with E-state index in [0.29, 0.717) is 17.2 Å². The number of nitrogens with zero attached hydrogens (tertiary/aromatic N) is 1. The Hall–Kier alpha value is -0.580. The van der Waals surface area contributed by atoms with Gasteiger partial charge in [0.2, 0.25) is 5.91 Å². The first-order chi connectivity index (χ1) is 9.59. The molecule has 1 aliphatic carbocycles. The van der Waals surface area contributed by atoms with Crippen LogP contribution in [0.5, 0.6) is 0 Å². The molecule has 2 aliphatic rings. The van der Waals surface area contributed by atoms with Crippen molar-refractivity contribution in [2.75, 3.05) is 11.0 Å². The quantitative estimate of drug-likeness (QED) is 0.567. The third-order valence-electron chi connectivity index (χ3n) is 5.36. The van der Waals surface area contributed by atoms with Crippen molar-refractivity contribution in [1.29, 1.82) is 0 Å². The highest BCUT2D eigenvalue weighted by Crippen LogP contribution is 2.58. The van der Waals surface area contributed by atoms with Crippen molar-refractivity contribution in [3.63, 3.8) is 0 Å². The van der Waals surface area contributed by atoms with Crippen LogP contribution in [-0.4, -0.2) is 21.8 Å². The molecule has 1 aliphatic heterocycles. The Morgan fingerprint density at radius 2 is 2.00 bits per heavy atom. The highest BCUT2D eigenvalue weighted by atomic mass is 127. The summed E-state index contributed by atoms with van der Waals surface area (Å²) in [6.07, 6.45) is 2.62. The molecule has 3 rings (SSSR count). The van der Waals surface area contributed by atoms with Crippen molar-refractivity contribution < 1.29 is 4.79 Å². The van der Waals surface area contributed by atoms with Crippen LogP contribution in [0.3, 0.4) is 0 Å². The fourth-order valence-electron chi connectivity index (χ4n) is 3.64. The number of hydrogen-bond acceptors (Lipinski definition) is 1. The number of carbonyl (C=O) groups excluding carboxylic acids is 1. The zero-order valence-corrected chi connectivity index (χ0v) is 14.3. The largest absolute Gasteiger partial charge is 0.335 e. The molecule has 0 aromatic heterocycles. The zero-order valence-electron chi connectivity index (χ0n) is 12.2. The van der Waals surface area contributed by atoms with Gasteiger partial charge in [-0.15, -0.1) is 0 Å². The summed E-state index contributed by atoms with van der Waals surface area (Å²) in [7, 11) is 0. The first-order valence-electron chi connectivity index (χ1n) is 7.50. The second kappa shape index (κ2) is 5.32. The molecule has 3 heteroatoms. The molecule has 3 atom stereocenters. The van der Waals surface area contributed by atoms with E-state index in [-0.39, 0.29) is 12.0 Å². The molecule has 1 unspecified atom stereocenters. The molecule has 0 radical (unpaired) electrons. The van der Waals surface area contributed by atoms with Crippen LogP contribution in [0.2, 0.25) is 0 Å². The van der Waals surface area contributed by atoms with Crippen molar-refractivity contribution in [3.8, 4) is 0 Å². The maximum atomic E-state index is 12.6. The van der Waals surface area contributed by atoms with Gasteiger partial charge in [0.1, 0.15) is 0 Å². The smallest absolute Gasteiger partial charge is 0.226 e. The molecule has 0 N–H and O–H groups in total. The Bertz CT molecular complexity index is 497. The molecule has 1 aromatic carbocycles. The third kappa shape index (κ3) is 2.28. The van der Waals surface area contributed by atoms with E-state index >= 15 is 0 Å². The van der Waals surface area contributed by atoms with Crippen LogP contribution >= 0.6 is 22.6 Å². The van der Waals surface area contributed by atoms with Crippen LogP contribution < -0.4 is 0 Å². The van der Waals surface area contributed by atoms with Crippen molar-refractivity contribution in [2.24, 2.45) is 17.3 Å².